The fourth-order valence-electron chi connectivity index (χ4n) is 4.05. The molecule has 4 aromatic carbocycles. The van der Waals surface area contributed by atoms with Gasteiger partial charge in [0.15, 0.2) is 0 Å². The third-order valence-corrected chi connectivity index (χ3v) is 6.44. The highest BCUT2D eigenvalue weighted by molar-refractivity contribution is 6.39. The van der Waals surface area contributed by atoms with Crippen molar-refractivity contribution in [3.63, 3.8) is 0 Å². The lowest BCUT2D eigenvalue weighted by Gasteiger charge is -2.26. The van der Waals surface area contributed by atoms with Crippen molar-refractivity contribution in [1.82, 2.24) is 5.32 Å². The van der Waals surface area contributed by atoms with Crippen molar-refractivity contribution in [2.45, 2.75) is 20.1 Å². The van der Waals surface area contributed by atoms with Gasteiger partial charge in [-0.1, -0.05) is 65.7 Å². The summed E-state index contributed by atoms with van der Waals surface area (Å²) in [5.74, 6) is -0.282. The molecule has 5 rings (SSSR count). The number of carbonyl (C=O) groups excluding carboxylic acids is 3. The molecule has 200 valence electrons. The Labute approximate surface area is 236 Å². The molecule has 1 N–H and O–H groups in total. The quantitative estimate of drug-likeness (QED) is 0.200. The van der Waals surface area contributed by atoms with Gasteiger partial charge >= 0.3 is 6.03 Å². The fraction of sp³-hybridized carbons (Fsp3) is 0.0938. The highest BCUT2D eigenvalue weighted by Crippen LogP contribution is 2.25. The smallest absolute Gasteiger partial charge is 0.335 e. The third-order valence-electron chi connectivity index (χ3n) is 6.21. The van der Waals surface area contributed by atoms with Crippen LogP contribution < -0.4 is 19.7 Å². The maximum Gasteiger partial charge on any atom is 0.335 e. The van der Waals surface area contributed by atoms with Gasteiger partial charge < -0.3 is 9.47 Å². The lowest BCUT2D eigenvalue weighted by molar-refractivity contribution is -0.122. The molecule has 0 saturated carbocycles. The number of nitrogens with zero attached hydrogens (tertiary/aromatic N) is 1. The molecule has 1 saturated heterocycles. The number of barbiturate groups is 1. The highest BCUT2D eigenvalue weighted by atomic mass is 35.5. The molecule has 1 fully saturated rings. The molecule has 0 aliphatic carbocycles. The summed E-state index contributed by atoms with van der Waals surface area (Å²) in [7, 11) is 0. The number of rotatable bonds is 8. The maximum absolute atomic E-state index is 13.2. The number of ether oxygens (including phenoxy) is 2. The molecular formula is C32H25ClN2O5. The summed E-state index contributed by atoms with van der Waals surface area (Å²) in [5.41, 5.74) is 3.87. The first-order valence-corrected chi connectivity index (χ1v) is 12.9. The van der Waals surface area contributed by atoms with Gasteiger partial charge in [-0.25, -0.2) is 9.69 Å². The minimum atomic E-state index is -0.815. The second-order valence-electron chi connectivity index (χ2n) is 9.21. The molecule has 0 unspecified atom stereocenters. The number of halogens is 1. The molecule has 4 aromatic rings. The van der Waals surface area contributed by atoms with Crippen LogP contribution in [-0.2, 0) is 22.8 Å². The summed E-state index contributed by atoms with van der Waals surface area (Å²) in [5, 5.41) is 2.87. The summed E-state index contributed by atoms with van der Waals surface area (Å²) in [4.78, 5) is 39.3. The first-order valence-electron chi connectivity index (χ1n) is 12.5. The minimum absolute atomic E-state index is 0.160. The number of anilines is 1. The molecule has 1 heterocycles. The average molecular weight is 553 g/mol. The number of hydrogen-bond donors (Lipinski definition) is 1. The summed E-state index contributed by atoms with van der Waals surface area (Å²) in [6.45, 7) is 2.74. The van der Waals surface area contributed by atoms with Crippen LogP contribution in [0.25, 0.3) is 6.08 Å². The van der Waals surface area contributed by atoms with Crippen LogP contribution in [0.2, 0.25) is 5.02 Å². The topological polar surface area (TPSA) is 84.9 Å². The second-order valence-corrected chi connectivity index (χ2v) is 9.65. The van der Waals surface area contributed by atoms with Crippen LogP contribution in [0.15, 0.2) is 103 Å². The Morgan fingerprint density at radius 3 is 2.05 bits per heavy atom. The Bertz CT molecular complexity index is 1580. The Balaban J connectivity index is 1.26. The van der Waals surface area contributed by atoms with Gasteiger partial charge in [0.1, 0.15) is 30.3 Å². The molecular weight excluding hydrogens is 528 g/mol. The Hall–Kier alpha value is -4.88. The summed E-state index contributed by atoms with van der Waals surface area (Å²) in [6, 6.07) is 28.0. The van der Waals surface area contributed by atoms with Crippen molar-refractivity contribution in [1.29, 1.82) is 0 Å². The molecule has 8 heteroatoms. The van der Waals surface area contributed by atoms with E-state index in [1.165, 1.54) is 11.6 Å². The number of carbonyl (C=O) groups is 3. The van der Waals surface area contributed by atoms with Gasteiger partial charge in [0.2, 0.25) is 0 Å². The zero-order chi connectivity index (χ0) is 28.1. The molecule has 0 bridgehead atoms. The zero-order valence-electron chi connectivity index (χ0n) is 21.6. The SMILES string of the molecule is Cc1ccc(COc2ccc(N3C(=O)NC(=O)/C(=C\c4ccc(OCc5cccc(Cl)c5)cc4)C3=O)cc2)cc1. The largest absolute Gasteiger partial charge is 0.489 e. The number of hydrogen-bond acceptors (Lipinski definition) is 5. The van der Waals surface area contributed by atoms with Crippen LogP contribution >= 0.6 is 11.6 Å². The summed E-state index contributed by atoms with van der Waals surface area (Å²) >= 11 is 6.01. The van der Waals surface area contributed by atoms with Gasteiger partial charge in [-0.15, -0.1) is 0 Å². The number of imide groups is 2. The van der Waals surface area contributed by atoms with E-state index in [1.54, 1.807) is 54.6 Å². The molecule has 0 atom stereocenters. The minimum Gasteiger partial charge on any atom is -0.489 e. The number of aryl methyl sites for hydroxylation is 1. The van der Waals surface area contributed by atoms with Crippen molar-refractivity contribution in [2.75, 3.05) is 4.90 Å². The van der Waals surface area contributed by atoms with Crippen LogP contribution in [0.3, 0.4) is 0 Å². The van der Waals surface area contributed by atoms with Crippen LogP contribution in [-0.4, -0.2) is 17.8 Å². The number of benzene rings is 4. The second kappa shape index (κ2) is 11.9. The zero-order valence-corrected chi connectivity index (χ0v) is 22.4. The lowest BCUT2D eigenvalue weighted by Crippen LogP contribution is -2.54. The molecule has 1 aliphatic heterocycles. The molecule has 40 heavy (non-hydrogen) atoms. The Morgan fingerprint density at radius 1 is 0.775 bits per heavy atom. The van der Waals surface area contributed by atoms with Gasteiger partial charge in [0, 0.05) is 5.02 Å². The normalized spacial score (nSPS) is 14.3. The Morgan fingerprint density at radius 2 is 1.40 bits per heavy atom. The maximum atomic E-state index is 13.2. The number of urea groups is 1. The third kappa shape index (κ3) is 6.39. The van der Waals surface area contributed by atoms with E-state index in [9.17, 15) is 14.4 Å². The van der Waals surface area contributed by atoms with Crippen molar-refractivity contribution in [3.05, 3.63) is 130 Å². The predicted molar refractivity (Wildman–Crippen MR) is 153 cm³/mol. The molecule has 7 nitrogen and oxygen atoms in total. The van der Waals surface area contributed by atoms with Gasteiger partial charge in [-0.2, -0.15) is 0 Å². The van der Waals surface area contributed by atoms with E-state index >= 15 is 0 Å². The van der Waals surface area contributed by atoms with E-state index in [-0.39, 0.29) is 5.57 Å². The molecule has 0 spiro atoms. The standard InChI is InChI=1S/C32H25ClN2O5/c1-21-5-7-23(8-6-21)19-39-28-15-11-26(12-16-28)35-31(37)29(30(36)34-32(35)38)18-22-9-13-27(14-10-22)40-20-24-3-2-4-25(33)17-24/h2-18H,19-20H2,1H3,(H,34,36,38)/b29-18+. The van der Waals surface area contributed by atoms with Crippen molar-refractivity contribution in [3.8, 4) is 11.5 Å². The van der Waals surface area contributed by atoms with Crippen molar-refractivity contribution in [2.24, 2.45) is 0 Å². The van der Waals surface area contributed by atoms with Crippen LogP contribution in [0.5, 0.6) is 11.5 Å². The monoisotopic (exact) mass is 552 g/mol. The van der Waals surface area contributed by atoms with E-state index in [2.05, 4.69) is 5.32 Å². The molecule has 0 aromatic heterocycles. The van der Waals surface area contributed by atoms with Gasteiger partial charge in [-0.05, 0) is 78.2 Å². The van der Waals surface area contributed by atoms with E-state index in [4.69, 9.17) is 21.1 Å². The summed E-state index contributed by atoms with van der Waals surface area (Å²) < 4.78 is 11.6. The molecule has 0 radical (unpaired) electrons. The van der Waals surface area contributed by atoms with E-state index in [0.717, 1.165) is 16.0 Å². The fourth-order valence-corrected chi connectivity index (χ4v) is 4.27. The average Bonchev–Trinajstić information content (AvgIpc) is 2.95. The van der Waals surface area contributed by atoms with Crippen LogP contribution in [0.1, 0.15) is 22.3 Å². The van der Waals surface area contributed by atoms with Crippen molar-refractivity contribution < 1.29 is 23.9 Å². The first kappa shape index (κ1) is 26.7. The van der Waals surface area contributed by atoms with E-state index in [1.807, 2.05) is 49.4 Å². The van der Waals surface area contributed by atoms with E-state index < -0.39 is 17.8 Å². The highest BCUT2D eigenvalue weighted by Gasteiger charge is 2.36. The predicted octanol–water partition coefficient (Wildman–Crippen LogP) is 6.47. The van der Waals surface area contributed by atoms with Crippen LogP contribution in [0.4, 0.5) is 10.5 Å². The number of nitrogens with one attached hydrogen (secondary N) is 1. The Kier molecular flexibility index (Phi) is 7.94. The molecule has 1 aliphatic rings. The lowest BCUT2D eigenvalue weighted by atomic mass is 10.1. The number of amides is 4. The summed E-state index contributed by atoms with van der Waals surface area (Å²) in [6.07, 6.45) is 1.44. The van der Waals surface area contributed by atoms with Crippen LogP contribution in [0, 0.1) is 6.92 Å². The van der Waals surface area contributed by atoms with Gasteiger partial charge in [0.25, 0.3) is 11.8 Å². The van der Waals surface area contributed by atoms with Gasteiger partial charge in [0.05, 0.1) is 5.69 Å². The van der Waals surface area contributed by atoms with Crippen molar-refractivity contribution >= 4 is 41.2 Å². The van der Waals surface area contributed by atoms with Gasteiger partial charge in [-0.3, -0.25) is 14.9 Å². The van der Waals surface area contributed by atoms with E-state index in [0.29, 0.717) is 41.0 Å². The molecule has 4 amide bonds. The first-order chi connectivity index (χ1) is 19.4.